The molecule has 6 heteroatoms. The number of benzene rings is 2. The predicted molar refractivity (Wildman–Crippen MR) is 95.5 cm³/mol. The molecule has 2 aromatic carbocycles. The summed E-state index contributed by atoms with van der Waals surface area (Å²) in [6, 6.07) is 13.0. The summed E-state index contributed by atoms with van der Waals surface area (Å²) in [5.74, 6) is 0.726. The average Bonchev–Trinajstić information content (AvgIpc) is 3.04. The van der Waals surface area contributed by atoms with Gasteiger partial charge in [0.25, 0.3) is 0 Å². The van der Waals surface area contributed by atoms with Gasteiger partial charge in [-0.3, -0.25) is 0 Å². The lowest BCUT2D eigenvalue weighted by Crippen LogP contribution is -1.98. The fourth-order valence-corrected chi connectivity index (χ4v) is 2.80. The fraction of sp³-hybridized carbons (Fsp3) is 0.167. The van der Waals surface area contributed by atoms with Crippen molar-refractivity contribution >= 4 is 23.2 Å². The number of ether oxygens (including phenoxy) is 1. The maximum atomic E-state index is 8.94. The second-order valence-corrected chi connectivity index (χ2v) is 6.05. The van der Waals surface area contributed by atoms with E-state index in [4.69, 9.17) is 33.0 Å². The van der Waals surface area contributed by atoms with Gasteiger partial charge in [-0.2, -0.15) is 0 Å². The van der Waals surface area contributed by atoms with Crippen LogP contribution >= 0.6 is 23.2 Å². The van der Waals surface area contributed by atoms with Crippen molar-refractivity contribution in [2.45, 2.75) is 13.2 Å². The van der Waals surface area contributed by atoms with Crippen molar-refractivity contribution < 1.29 is 9.84 Å². The van der Waals surface area contributed by atoms with Gasteiger partial charge in [0.2, 0.25) is 0 Å². The number of rotatable bonds is 6. The third-order valence-corrected chi connectivity index (χ3v) is 4.29. The second kappa shape index (κ2) is 7.71. The van der Waals surface area contributed by atoms with Crippen molar-refractivity contribution in [3.8, 4) is 17.0 Å². The van der Waals surface area contributed by atoms with Gasteiger partial charge < -0.3 is 14.4 Å². The van der Waals surface area contributed by atoms with Crippen LogP contribution in [0.4, 0.5) is 0 Å². The van der Waals surface area contributed by atoms with Crippen LogP contribution in [-0.4, -0.2) is 21.3 Å². The van der Waals surface area contributed by atoms with Crippen molar-refractivity contribution in [3.05, 3.63) is 70.6 Å². The van der Waals surface area contributed by atoms with Crippen LogP contribution in [0.25, 0.3) is 11.3 Å². The molecule has 3 aromatic rings. The SMILES string of the molecule is OCCn1cnc(-c2ccc(OCc3c(Cl)cccc3Cl)cc2)c1. The Morgan fingerprint density at radius 1 is 1.04 bits per heavy atom. The first-order chi connectivity index (χ1) is 11.7. The molecule has 0 unspecified atom stereocenters. The molecule has 1 aromatic heterocycles. The molecule has 0 fully saturated rings. The van der Waals surface area contributed by atoms with Crippen LogP contribution in [-0.2, 0) is 13.2 Å². The molecule has 24 heavy (non-hydrogen) atoms. The molecule has 0 spiro atoms. The average molecular weight is 363 g/mol. The first kappa shape index (κ1) is 16.8. The van der Waals surface area contributed by atoms with Crippen LogP contribution in [0.1, 0.15) is 5.56 Å². The summed E-state index contributed by atoms with van der Waals surface area (Å²) in [7, 11) is 0. The summed E-state index contributed by atoms with van der Waals surface area (Å²) >= 11 is 12.3. The predicted octanol–water partition coefficient (Wildman–Crippen LogP) is 4.43. The molecule has 0 atom stereocenters. The van der Waals surface area contributed by atoms with E-state index in [1.54, 1.807) is 24.5 Å². The lowest BCUT2D eigenvalue weighted by molar-refractivity contribution is 0.276. The lowest BCUT2D eigenvalue weighted by Gasteiger charge is -2.09. The highest BCUT2D eigenvalue weighted by molar-refractivity contribution is 6.35. The first-order valence-corrected chi connectivity index (χ1v) is 8.21. The molecule has 3 rings (SSSR count). The minimum atomic E-state index is 0.0905. The van der Waals surface area contributed by atoms with E-state index < -0.39 is 0 Å². The Balaban J connectivity index is 1.68. The number of hydrogen-bond donors (Lipinski definition) is 1. The third kappa shape index (κ3) is 3.90. The van der Waals surface area contributed by atoms with Crippen LogP contribution in [0.15, 0.2) is 55.0 Å². The van der Waals surface area contributed by atoms with Gasteiger partial charge in [-0.15, -0.1) is 0 Å². The van der Waals surface area contributed by atoms with E-state index in [-0.39, 0.29) is 6.61 Å². The molecular formula is C18H16Cl2N2O2. The zero-order valence-corrected chi connectivity index (χ0v) is 14.3. The molecule has 1 N–H and O–H groups in total. The molecule has 0 aliphatic heterocycles. The van der Waals surface area contributed by atoms with E-state index in [0.29, 0.717) is 23.2 Å². The Morgan fingerprint density at radius 3 is 2.42 bits per heavy atom. The van der Waals surface area contributed by atoms with Crippen molar-refractivity contribution in [3.63, 3.8) is 0 Å². The summed E-state index contributed by atoms with van der Waals surface area (Å²) in [6.45, 7) is 0.933. The minimum absolute atomic E-state index is 0.0905. The Bertz CT molecular complexity index is 796. The van der Waals surface area contributed by atoms with E-state index in [1.807, 2.05) is 35.0 Å². The van der Waals surface area contributed by atoms with Gasteiger partial charge in [0, 0.05) is 33.9 Å². The summed E-state index contributed by atoms with van der Waals surface area (Å²) in [4.78, 5) is 4.33. The number of aliphatic hydroxyl groups is 1. The van der Waals surface area contributed by atoms with Crippen LogP contribution in [0.3, 0.4) is 0 Å². The van der Waals surface area contributed by atoms with Crippen molar-refractivity contribution in [1.82, 2.24) is 9.55 Å². The highest BCUT2D eigenvalue weighted by atomic mass is 35.5. The first-order valence-electron chi connectivity index (χ1n) is 7.46. The van der Waals surface area contributed by atoms with Gasteiger partial charge in [0.1, 0.15) is 12.4 Å². The van der Waals surface area contributed by atoms with E-state index in [9.17, 15) is 0 Å². The lowest BCUT2D eigenvalue weighted by atomic mass is 10.1. The quantitative estimate of drug-likeness (QED) is 0.705. The highest BCUT2D eigenvalue weighted by Crippen LogP contribution is 2.26. The van der Waals surface area contributed by atoms with Crippen LogP contribution in [0.5, 0.6) is 5.75 Å². The van der Waals surface area contributed by atoms with Crippen LogP contribution in [0.2, 0.25) is 10.0 Å². The standard InChI is InChI=1S/C18H16Cl2N2O2/c19-16-2-1-3-17(20)15(16)11-24-14-6-4-13(5-7-14)18-10-22(8-9-23)12-21-18/h1-7,10,12,23H,8-9,11H2. The maximum Gasteiger partial charge on any atom is 0.119 e. The van der Waals surface area contributed by atoms with Crippen molar-refractivity contribution in [1.29, 1.82) is 0 Å². The summed E-state index contributed by atoms with van der Waals surface area (Å²) < 4.78 is 7.61. The van der Waals surface area contributed by atoms with Gasteiger partial charge >= 0.3 is 0 Å². The zero-order valence-electron chi connectivity index (χ0n) is 12.8. The smallest absolute Gasteiger partial charge is 0.119 e. The number of hydrogen-bond acceptors (Lipinski definition) is 3. The number of imidazole rings is 1. The van der Waals surface area contributed by atoms with Gasteiger partial charge in [-0.05, 0) is 36.4 Å². The summed E-state index contributed by atoms with van der Waals surface area (Å²) in [5.41, 5.74) is 2.60. The van der Waals surface area contributed by atoms with Crippen LogP contribution < -0.4 is 4.74 Å². The minimum Gasteiger partial charge on any atom is -0.489 e. The highest BCUT2D eigenvalue weighted by Gasteiger charge is 2.07. The zero-order chi connectivity index (χ0) is 16.9. The van der Waals surface area contributed by atoms with Gasteiger partial charge in [-0.25, -0.2) is 4.98 Å². The molecule has 0 saturated carbocycles. The maximum absolute atomic E-state index is 8.94. The van der Waals surface area contributed by atoms with Crippen LogP contribution in [0, 0.1) is 0 Å². The Labute approximate surface area is 150 Å². The molecule has 0 amide bonds. The van der Waals surface area contributed by atoms with Crippen molar-refractivity contribution in [2.24, 2.45) is 0 Å². The Hall–Kier alpha value is -2.01. The van der Waals surface area contributed by atoms with Crippen molar-refractivity contribution in [2.75, 3.05) is 6.61 Å². The normalized spacial score (nSPS) is 10.8. The second-order valence-electron chi connectivity index (χ2n) is 5.23. The summed E-state index contributed by atoms with van der Waals surface area (Å²) in [6.07, 6.45) is 3.60. The third-order valence-electron chi connectivity index (χ3n) is 3.59. The number of aliphatic hydroxyl groups excluding tert-OH is 1. The Kier molecular flexibility index (Phi) is 5.41. The van der Waals surface area contributed by atoms with E-state index >= 15 is 0 Å². The molecule has 4 nitrogen and oxygen atoms in total. The molecule has 124 valence electrons. The van der Waals surface area contributed by atoms with E-state index in [0.717, 1.165) is 22.6 Å². The molecule has 0 radical (unpaired) electrons. The molecule has 0 aliphatic rings. The molecule has 0 aliphatic carbocycles. The molecule has 1 heterocycles. The van der Waals surface area contributed by atoms with Gasteiger partial charge in [0.05, 0.1) is 18.6 Å². The fourth-order valence-electron chi connectivity index (χ4n) is 2.29. The van der Waals surface area contributed by atoms with Gasteiger partial charge in [0.15, 0.2) is 0 Å². The monoisotopic (exact) mass is 362 g/mol. The Morgan fingerprint density at radius 2 is 1.75 bits per heavy atom. The van der Waals surface area contributed by atoms with E-state index in [2.05, 4.69) is 4.98 Å². The molecule has 0 bridgehead atoms. The summed E-state index contributed by atoms with van der Waals surface area (Å²) in [5, 5.41) is 10.1. The topological polar surface area (TPSA) is 47.3 Å². The number of aromatic nitrogens is 2. The van der Waals surface area contributed by atoms with E-state index in [1.165, 1.54) is 0 Å². The number of nitrogens with zero attached hydrogens (tertiary/aromatic N) is 2. The largest absolute Gasteiger partial charge is 0.489 e. The molecular weight excluding hydrogens is 347 g/mol. The van der Waals surface area contributed by atoms with Gasteiger partial charge in [-0.1, -0.05) is 29.3 Å². The number of halogens is 2. The molecule has 0 saturated heterocycles.